The Bertz CT molecular complexity index is 3850. The first-order valence-electron chi connectivity index (χ1n) is 24.4. The molecule has 0 amide bonds. The van der Waals surface area contributed by atoms with Gasteiger partial charge >= 0.3 is 0 Å². The summed E-state index contributed by atoms with van der Waals surface area (Å²) >= 11 is 0. The van der Waals surface area contributed by atoms with E-state index < -0.39 is 10.0 Å². The minimum atomic E-state index is -2.07. The highest BCUT2D eigenvalue weighted by atomic mass is 32.3. The van der Waals surface area contributed by atoms with Gasteiger partial charge in [-0.2, -0.15) is 0 Å². The van der Waals surface area contributed by atoms with Crippen LogP contribution < -0.4 is 38.2 Å². The van der Waals surface area contributed by atoms with Crippen molar-refractivity contribution in [1.82, 2.24) is 4.57 Å². The highest BCUT2D eigenvalue weighted by molar-refractivity contribution is 8.34. The monoisotopic (exact) mass is 907 g/mol. The molecule has 0 N–H and O–H groups in total. The third-order valence-electron chi connectivity index (χ3n) is 15.4. The molecule has 0 radical (unpaired) electrons. The van der Waals surface area contributed by atoms with E-state index in [4.69, 9.17) is 4.42 Å². The minimum absolute atomic E-state index is 0.912. The molecule has 2 heterocycles. The maximum Gasteiger partial charge on any atom is 0.141 e. The van der Waals surface area contributed by atoms with Crippen LogP contribution in [0, 0.1) is 0 Å². The van der Waals surface area contributed by atoms with Crippen molar-refractivity contribution in [3.8, 4) is 39.1 Å². The van der Waals surface area contributed by atoms with Crippen LogP contribution in [0.1, 0.15) is 0 Å². The molecule has 10 aromatic carbocycles. The van der Waals surface area contributed by atoms with Crippen molar-refractivity contribution in [1.29, 1.82) is 0 Å². The van der Waals surface area contributed by atoms with Crippen molar-refractivity contribution in [2.24, 2.45) is 0 Å². The van der Waals surface area contributed by atoms with E-state index in [1.165, 1.54) is 119 Å². The normalized spacial score (nSPS) is 12.1. The van der Waals surface area contributed by atoms with E-state index >= 15 is 0 Å². The molecule has 0 spiro atoms. The van der Waals surface area contributed by atoms with Crippen LogP contribution >= 0.6 is 10.0 Å². The van der Waals surface area contributed by atoms with E-state index in [2.05, 4.69) is 260 Å². The lowest BCUT2D eigenvalue weighted by Crippen LogP contribution is -2.48. The Hall–Kier alpha value is -7.40. The summed E-state index contributed by atoms with van der Waals surface area (Å²) in [5.74, 6) is 0. The average molecular weight is 907 g/mol. The van der Waals surface area contributed by atoms with Gasteiger partial charge in [0.1, 0.15) is 66.1 Å². The van der Waals surface area contributed by atoms with Crippen molar-refractivity contribution in [2.45, 2.75) is 19.6 Å². The van der Waals surface area contributed by atoms with Gasteiger partial charge in [-0.1, -0.05) is 172 Å². The first kappa shape index (κ1) is 43.9. The van der Waals surface area contributed by atoms with Crippen LogP contribution in [0.3, 0.4) is 0 Å². The summed E-state index contributed by atoms with van der Waals surface area (Å²) in [5.41, 5.74) is 21.9. The van der Waals surface area contributed by atoms with Crippen molar-refractivity contribution < 1.29 is 4.42 Å². The lowest BCUT2D eigenvalue weighted by molar-refractivity contribution is 0.669. The predicted octanol–water partition coefficient (Wildman–Crippen LogP) is 4.83. The summed E-state index contributed by atoms with van der Waals surface area (Å²) in [6.07, 6.45) is 0. The van der Waals surface area contributed by atoms with Crippen molar-refractivity contribution >= 4 is 147 Å². The number of fused-ring (bicyclic) bond motifs is 6. The predicted molar refractivity (Wildman–Crippen MR) is 322 cm³/mol. The van der Waals surface area contributed by atoms with Crippen LogP contribution in [0.25, 0.3) is 82.8 Å². The molecule has 0 aliphatic heterocycles. The number of hydrogen-bond acceptors (Lipinski definition) is 1. The van der Waals surface area contributed by atoms with Gasteiger partial charge in [-0.05, 0) is 94.4 Å². The second-order valence-electron chi connectivity index (χ2n) is 19.0. The third kappa shape index (κ3) is 6.60. The molecule has 0 bridgehead atoms. The summed E-state index contributed by atoms with van der Waals surface area (Å²) in [6, 6.07) is 76.3. The van der Waals surface area contributed by atoms with E-state index in [1.807, 2.05) is 6.07 Å². The second-order valence-corrected chi connectivity index (χ2v) is 22.1. The lowest BCUT2D eigenvalue weighted by atomic mass is 9.64. The van der Waals surface area contributed by atoms with E-state index in [1.54, 1.807) is 0 Å². The molecule has 70 heavy (non-hydrogen) atoms. The Kier molecular flexibility index (Phi) is 10.8. The van der Waals surface area contributed by atoms with Gasteiger partial charge in [0.15, 0.2) is 0 Å². The van der Waals surface area contributed by atoms with Crippen LogP contribution in [-0.4, -0.2) is 59.5 Å². The fourth-order valence-electron chi connectivity index (χ4n) is 11.6. The van der Waals surface area contributed by atoms with Gasteiger partial charge in [0.2, 0.25) is 0 Å². The third-order valence-corrected chi connectivity index (χ3v) is 19.3. The zero-order valence-electron chi connectivity index (χ0n) is 40.9. The molecule has 12 rings (SSSR count). The maximum atomic E-state index is 6.36. The molecular formula is C60H48B7NOS. The number of para-hydroxylation sites is 1. The molecular weight excluding hydrogens is 858 g/mol. The van der Waals surface area contributed by atoms with E-state index in [0.29, 0.717) is 0 Å². The average Bonchev–Trinajstić information content (AvgIpc) is 3.97. The van der Waals surface area contributed by atoms with Crippen LogP contribution in [0.5, 0.6) is 0 Å². The molecule has 0 fully saturated rings. The van der Waals surface area contributed by atoms with Crippen molar-refractivity contribution in [2.75, 3.05) is 0 Å². The highest BCUT2D eigenvalue weighted by Crippen LogP contribution is 2.74. The Morgan fingerprint density at radius 1 is 0.329 bits per heavy atom. The number of benzene rings is 10. The van der Waals surface area contributed by atoms with E-state index in [0.717, 1.165) is 21.9 Å². The van der Waals surface area contributed by atoms with Gasteiger partial charge in [-0.15, -0.1) is 15.5 Å². The summed E-state index contributed by atoms with van der Waals surface area (Å²) in [4.78, 5) is 5.17. The minimum Gasteiger partial charge on any atom is -0.456 e. The van der Waals surface area contributed by atoms with Crippen LogP contribution in [0.15, 0.2) is 230 Å². The van der Waals surface area contributed by atoms with E-state index in [-0.39, 0.29) is 0 Å². The van der Waals surface area contributed by atoms with E-state index in [9.17, 15) is 0 Å². The fourth-order valence-corrected chi connectivity index (χ4v) is 15.6. The molecule has 0 unspecified atom stereocenters. The van der Waals surface area contributed by atoms with Gasteiger partial charge < -0.3 is 8.98 Å². The number of furan rings is 1. The molecule has 0 aliphatic carbocycles. The van der Waals surface area contributed by atoms with Crippen LogP contribution in [0.2, 0.25) is 0 Å². The standard InChI is InChI=1S/C60H48B7NOS/c61-51-48(37-30-31-47-45(32-37)42-28-16-17-29-46(42)69-47)52(62)56(66)59-49(51)50-53(63)54(64)55(65)57(67)60(50)68(59)58-43(35-18-6-1-7-19-35)33-41(34-44(58)36-20-8-2-9-21-36)70(38-22-10-3-11-23-38,39-24-12-4-13-25-39)40-26-14-5-15-27-40/h1-34H,61-67H2. The molecule has 10 heteroatoms. The van der Waals surface area contributed by atoms with Crippen molar-refractivity contribution in [3.05, 3.63) is 206 Å². The van der Waals surface area contributed by atoms with Gasteiger partial charge in [-0.3, -0.25) is 0 Å². The Labute approximate surface area is 418 Å². The molecule has 2 aromatic heterocycles. The van der Waals surface area contributed by atoms with Crippen molar-refractivity contribution in [3.63, 3.8) is 0 Å². The highest BCUT2D eigenvalue weighted by Gasteiger charge is 2.36. The molecule has 2 nitrogen and oxygen atoms in total. The molecule has 12 aromatic rings. The van der Waals surface area contributed by atoms with Gasteiger partial charge in [-0.25, -0.2) is 0 Å². The molecule has 0 saturated carbocycles. The van der Waals surface area contributed by atoms with Crippen LogP contribution in [0.4, 0.5) is 0 Å². The zero-order valence-corrected chi connectivity index (χ0v) is 41.7. The summed E-state index contributed by atoms with van der Waals surface area (Å²) in [6.45, 7) is 0. The number of nitrogens with zero attached hydrogens (tertiary/aromatic N) is 1. The SMILES string of the molecule is Bc1c(B)c(B)c2c(c1B)c1c(B)c(-c3ccc4oc5ccccc5c4c3)c(B)c(B)c1n2-c1c(-c2ccccc2)cc(S(c2ccccc2)(c2ccccc2)c2ccccc2)cc1-c1ccccc1. The number of aromatic nitrogens is 1. The molecule has 0 aliphatic rings. The largest absolute Gasteiger partial charge is 0.456 e. The quantitative estimate of drug-likeness (QED) is 0.200. The Balaban J connectivity index is 1.28. The van der Waals surface area contributed by atoms with Gasteiger partial charge in [0.05, 0.1) is 5.69 Å². The second kappa shape index (κ2) is 17.2. The lowest BCUT2D eigenvalue weighted by Gasteiger charge is -2.43. The summed E-state index contributed by atoms with van der Waals surface area (Å²) < 4.78 is 9.06. The topological polar surface area (TPSA) is 18.1 Å². The zero-order chi connectivity index (χ0) is 47.8. The Morgan fingerprint density at radius 3 is 1.29 bits per heavy atom. The van der Waals surface area contributed by atoms with Crippen LogP contribution in [-0.2, 0) is 0 Å². The summed E-state index contributed by atoms with van der Waals surface area (Å²) in [5, 5.41) is 4.93. The molecule has 0 atom stereocenters. The Morgan fingerprint density at radius 2 is 0.757 bits per heavy atom. The first-order valence-corrected chi connectivity index (χ1v) is 26.1. The molecule has 326 valence electrons. The maximum absolute atomic E-state index is 6.36. The van der Waals surface area contributed by atoms with Gasteiger partial charge in [0.25, 0.3) is 0 Å². The number of hydrogen-bond donors (Lipinski definition) is 0. The summed E-state index contributed by atoms with van der Waals surface area (Å²) in [7, 11) is 14.3. The first-order chi connectivity index (χ1) is 34.2. The number of rotatable bonds is 8. The molecule has 0 saturated heterocycles. The van der Waals surface area contributed by atoms with Gasteiger partial charge in [0, 0.05) is 57.9 Å². The smallest absolute Gasteiger partial charge is 0.141 e. The fraction of sp³-hybridized carbons (Fsp3) is 0.